The molecule has 1 fully saturated rings. The fourth-order valence-corrected chi connectivity index (χ4v) is 4.66. The van der Waals surface area contributed by atoms with Gasteiger partial charge in [0, 0.05) is 18.2 Å². The number of carboxylic acid groups (broad SMARTS) is 1. The smallest absolute Gasteiger partial charge is 0.339 e. The van der Waals surface area contributed by atoms with Crippen molar-refractivity contribution in [1.82, 2.24) is 4.90 Å². The Morgan fingerprint density at radius 1 is 0.882 bits per heavy atom. The minimum absolute atomic E-state index is 0.0288. The number of nitrogens with zero attached hydrogens (tertiary/aromatic N) is 1. The van der Waals surface area contributed by atoms with Crippen LogP contribution in [0.5, 0.6) is 17.2 Å². The molecule has 2 N–H and O–H groups in total. The van der Waals surface area contributed by atoms with Crippen molar-refractivity contribution in [3.05, 3.63) is 77.4 Å². The number of fused-ring (bicyclic) bond motifs is 1. The summed E-state index contributed by atoms with van der Waals surface area (Å²) in [5.41, 5.74) is 2.97. The fourth-order valence-electron chi connectivity index (χ4n) is 4.66. The molecule has 0 atom stereocenters. The Bertz CT molecular complexity index is 1230. The molecule has 0 bridgehead atoms. The van der Waals surface area contributed by atoms with Crippen LogP contribution in [-0.4, -0.2) is 39.8 Å². The van der Waals surface area contributed by atoms with Crippen molar-refractivity contribution in [2.45, 2.75) is 38.3 Å². The topological polar surface area (TPSA) is 96.3 Å². The Balaban J connectivity index is 1.38. The van der Waals surface area contributed by atoms with E-state index in [-0.39, 0.29) is 30.1 Å². The van der Waals surface area contributed by atoms with Crippen molar-refractivity contribution < 1.29 is 29.3 Å². The number of hydrogen-bond donors (Lipinski definition) is 2. The van der Waals surface area contributed by atoms with Gasteiger partial charge >= 0.3 is 5.97 Å². The summed E-state index contributed by atoms with van der Waals surface area (Å²) >= 11 is 0. The van der Waals surface area contributed by atoms with Gasteiger partial charge in [-0.05, 0) is 59.9 Å². The summed E-state index contributed by atoms with van der Waals surface area (Å²) in [6.07, 6.45) is 4.20. The van der Waals surface area contributed by atoms with Gasteiger partial charge in [0.1, 0.15) is 11.3 Å². The van der Waals surface area contributed by atoms with Gasteiger partial charge in [-0.25, -0.2) is 4.79 Å². The molecule has 5 rings (SSSR count). The second-order valence-electron chi connectivity index (χ2n) is 8.67. The number of benzene rings is 3. The summed E-state index contributed by atoms with van der Waals surface area (Å²) in [6, 6.07) is 17.8. The fraction of sp³-hybridized carbons (Fsp3) is 0.259. The molecule has 2 aliphatic rings. The lowest BCUT2D eigenvalue weighted by atomic mass is 10.0. The second-order valence-corrected chi connectivity index (χ2v) is 8.67. The number of phenols is 1. The van der Waals surface area contributed by atoms with Crippen LogP contribution in [0, 0.1) is 0 Å². The lowest BCUT2D eigenvalue weighted by Gasteiger charge is -2.29. The Labute approximate surface area is 197 Å². The third-order valence-corrected chi connectivity index (χ3v) is 6.51. The summed E-state index contributed by atoms with van der Waals surface area (Å²) < 4.78 is 10.8. The highest BCUT2D eigenvalue weighted by molar-refractivity contribution is 5.95. The van der Waals surface area contributed by atoms with Crippen LogP contribution in [0.25, 0.3) is 11.1 Å². The summed E-state index contributed by atoms with van der Waals surface area (Å²) in [5, 5.41) is 19.0. The van der Waals surface area contributed by atoms with E-state index in [2.05, 4.69) is 0 Å². The molecular weight excluding hydrogens is 434 g/mol. The molecule has 7 nitrogen and oxygen atoms in total. The number of carbonyl (C=O) groups excluding carboxylic acids is 1. The molecule has 1 saturated carbocycles. The second kappa shape index (κ2) is 9.09. The summed E-state index contributed by atoms with van der Waals surface area (Å²) in [6.45, 7) is 0.648. The molecule has 1 heterocycles. The van der Waals surface area contributed by atoms with Crippen molar-refractivity contribution in [3.63, 3.8) is 0 Å². The Hall–Kier alpha value is -4.00. The summed E-state index contributed by atoms with van der Waals surface area (Å²) in [7, 11) is 0. The van der Waals surface area contributed by atoms with Crippen LogP contribution < -0.4 is 9.47 Å². The maximum atomic E-state index is 13.5. The average Bonchev–Trinajstić information content (AvgIpc) is 3.54. The van der Waals surface area contributed by atoms with Gasteiger partial charge in [0.2, 0.25) is 6.79 Å². The number of aromatic carboxylic acids is 1. The number of carbonyl (C=O) groups is 2. The van der Waals surface area contributed by atoms with E-state index in [0.29, 0.717) is 29.2 Å². The van der Waals surface area contributed by atoms with E-state index in [1.165, 1.54) is 12.1 Å². The van der Waals surface area contributed by atoms with Gasteiger partial charge in [-0.2, -0.15) is 0 Å². The van der Waals surface area contributed by atoms with Crippen molar-refractivity contribution in [1.29, 1.82) is 0 Å². The van der Waals surface area contributed by atoms with Crippen LogP contribution in [0.15, 0.2) is 60.7 Å². The molecule has 34 heavy (non-hydrogen) atoms. The molecule has 3 aromatic rings. The molecule has 3 aromatic carbocycles. The van der Waals surface area contributed by atoms with Crippen molar-refractivity contribution in [2.24, 2.45) is 0 Å². The number of amides is 1. The molecular formula is C27H25NO6. The molecule has 1 amide bonds. The number of rotatable bonds is 6. The maximum Gasteiger partial charge on any atom is 0.339 e. The third-order valence-electron chi connectivity index (χ3n) is 6.51. The van der Waals surface area contributed by atoms with E-state index < -0.39 is 5.97 Å². The van der Waals surface area contributed by atoms with E-state index in [1.807, 2.05) is 29.2 Å². The minimum Gasteiger partial charge on any atom is -0.507 e. The number of ether oxygens (including phenoxy) is 2. The molecule has 0 radical (unpaired) electrons. The van der Waals surface area contributed by atoms with Crippen molar-refractivity contribution in [2.75, 3.05) is 6.79 Å². The molecule has 174 valence electrons. The number of hydrogen-bond acceptors (Lipinski definition) is 5. The molecule has 1 aliphatic carbocycles. The standard InChI is InChI=1S/C27H25NO6/c29-23-11-9-19(13-22(23)27(31)32)18-7-5-17(6-8-18)15-28(21-3-1-2-4-21)26(30)20-10-12-24-25(14-20)34-16-33-24/h5-14,21,29H,1-4,15-16H2,(H,31,32). The SMILES string of the molecule is O=C(O)c1cc(-c2ccc(CN(C(=O)c3ccc4c(c3)OCO4)C3CCCC3)cc2)ccc1O. The Morgan fingerprint density at radius 2 is 1.59 bits per heavy atom. The summed E-state index contributed by atoms with van der Waals surface area (Å²) in [5.74, 6) is -0.220. The monoisotopic (exact) mass is 459 g/mol. The molecule has 7 heteroatoms. The zero-order chi connectivity index (χ0) is 23.7. The predicted molar refractivity (Wildman–Crippen MR) is 125 cm³/mol. The number of carboxylic acids is 1. The van der Waals surface area contributed by atoms with Crippen LogP contribution in [-0.2, 0) is 6.54 Å². The van der Waals surface area contributed by atoms with Crippen LogP contribution in [0.4, 0.5) is 0 Å². The molecule has 0 spiro atoms. The first-order chi connectivity index (χ1) is 16.5. The van der Waals surface area contributed by atoms with Gasteiger partial charge in [-0.1, -0.05) is 43.2 Å². The van der Waals surface area contributed by atoms with Gasteiger partial charge in [-0.3, -0.25) is 4.79 Å². The van der Waals surface area contributed by atoms with E-state index in [4.69, 9.17) is 9.47 Å². The lowest BCUT2D eigenvalue weighted by Crippen LogP contribution is -2.38. The first-order valence-electron chi connectivity index (χ1n) is 11.4. The zero-order valence-corrected chi connectivity index (χ0v) is 18.6. The average molecular weight is 459 g/mol. The van der Waals surface area contributed by atoms with E-state index in [1.54, 1.807) is 24.3 Å². The van der Waals surface area contributed by atoms with E-state index in [9.17, 15) is 19.8 Å². The first-order valence-corrected chi connectivity index (χ1v) is 11.4. The Morgan fingerprint density at radius 3 is 2.32 bits per heavy atom. The van der Waals surface area contributed by atoms with E-state index >= 15 is 0 Å². The highest BCUT2D eigenvalue weighted by Gasteiger charge is 2.28. The normalized spacial score (nSPS) is 14.8. The highest BCUT2D eigenvalue weighted by atomic mass is 16.7. The summed E-state index contributed by atoms with van der Waals surface area (Å²) in [4.78, 5) is 26.8. The molecule has 0 aromatic heterocycles. The molecule has 0 saturated heterocycles. The maximum absolute atomic E-state index is 13.5. The highest BCUT2D eigenvalue weighted by Crippen LogP contribution is 2.34. The van der Waals surface area contributed by atoms with Crippen LogP contribution in [0.3, 0.4) is 0 Å². The minimum atomic E-state index is -1.18. The van der Waals surface area contributed by atoms with Crippen LogP contribution >= 0.6 is 0 Å². The predicted octanol–water partition coefficient (Wildman–Crippen LogP) is 5.07. The zero-order valence-electron chi connectivity index (χ0n) is 18.6. The largest absolute Gasteiger partial charge is 0.507 e. The van der Waals surface area contributed by atoms with E-state index in [0.717, 1.165) is 36.8 Å². The van der Waals surface area contributed by atoms with Gasteiger partial charge in [-0.15, -0.1) is 0 Å². The molecule has 1 aliphatic heterocycles. The van der Waals surface area contributed by atoms with Gasteiger partial charge in [0.15, 0.2) is 11.5 Å². The first kappa shape index (κ1) is 21.8. The van der Waals surface area contributed by atoms with Crippen molar-refractivity contribution >= 4 is 11.9 Å². The van der Waals surface area contributed by atoms with Crippen molar-refractivity contribution in [3.8, 4) is 28.4 Å². The Kier molecular flexibility index (Phi) is 5.84. The van der Waals surface area contributed by atoms with Gasteiger partial charge < -0.3 is 24.6 Å². The van der Waals surface area contributed by atoms with Crippen LogP contribution in [0.2, 0.25) is 0 Å². The molecule has 0 unspecified atom stereocenters. The lowest BCUT2D eigenvalue weighted by molar-refractivity contribution is 0.0661. The number of aromatic hydroxyl groups is 1. The van der Waals surface area contributed by atoms with Gasteiger partial charge in [0.05, 0.1) is 0 Å². The third kappa shape index (κ3) is 4.29. The van der Waals surface area contributed by atoms with Crippen LogP contribution in [0.1, 0.15) is 52.0 Å². The quantitative estimate of drug-likeness (QED) is 0.534. The van der Waals surface area contributed by atoms with Gasteiger partial charge in [0.25, 0.3) is 5.91 Å².